The van der Waals surface area contributed by atoms with Gasteiger partial charge >= 0.3 is 5.97 Å². The number of hydrogen-bond donors (Lipinski definition) is 2. The van der Waals surface area contributed by atoms with E-state index in [9.17, 15) is 24.4 Å². The Labute approximate surface area is 202 Å². The first kappa shape index (κ1) is 28.0. The SMILES string of the molecule is CC(C)(CO)CCCC1CC(=O)C(CCCC2CCC(CCCC(C)(C)C(=O)O)[S+]2[O-])S1. The van der Waals surface area contributed by atoms with Crippen LogP contribution >= 0.6 is 11.8 Å². The molecule has 0 aromatic carbocycles. The van der Waals surface area contributed by atoms with Crippen molar-refractivity contribution in [1.82, 2.24) is 0 Å². The van der Waals surface area contributed by atoms with E-state index in [1.807, 2.05) is 11.8 Å². The van der Waals surface area contributed by atoms with Crippen molar-refractivity contribution in [3.05, 3.63) is 0 Å². The summed E-state index contributed by atoms with van der Waals surface area (Å²) in [6.07, 6.45) is 10.8. The number of carboxylic acids is 1. The van der Waals surface area contributed by atoms with Crippen LogP contribution in [0.2, 0.25) is 0 Å². The zero-order valence-corrected chi connectivity index (χ0v) is 22.1. The molecule has 0 spiro atoms. The van der Waals surface area contributed by atoms with Gasteiger partial charge in [-0.15, -0.1) is 11.8 Å². The number of Topliss-reactive ketones (excluding diaryl/α,β-unsaturated/α-hetero) is 1. The molecule has 2 heterocycles. The first-order chi connectivity index (χ1) is 14.9. The number of carboxylic acid groups (broad SMARTS) is 1. The van der Waals surface area contributed by atoms with Crippen LogP contribution in [0.5, 0.6) is 0 Å². The summed E-state index contributed by atoms with van der Waals surface area (Å²) in [4.78, 5) is 23.7. The van der Waals surface area contributed by atoms with Gasteiger partial charge < -0.3 is 14.8 Å². The van der Waals surface area contributed by atoms with Gasteiger partial charge in [-0.05, 0) is 94.6 Å². The molecule has 5 atom stereocenters. The molecule has 186 valence electrons. The predicted octanol–water partition coefficient (Wildman–Crippen LogP) is 5.35. The molecule has 2 aliphatic heterocycles. The normalized spacial score (nSPS) is 29.1. The summed E-state index contributed by atoms with van der Waals surface area (Å²) in [6, 6.07) is 0. The second-order valence-corrected chi connectivity index (χ2v) is 14.8. The molecule has 2 rings (SSSR count). The van der Waals surface area contributed by atoms with Gasteiger partial charge in [0.05, 0.1) is 10.7 Å². The van der Waals surface area contributed by atoms with Gasteiger partial charge in [0, 0.05) is 18.3 Å². The Hall–Kier alpha value is -0.240. The molecule has 0 bridgehead atoms. The second kappa shape index (κ2) is 12.5. The number of aliphatic carboxylic acids is 1. The maximum Gasteiger partial charge on any atom is 0.309 e. The molecular formula is C25H44O5S2. The van der Waals surface area contributed by atoms with Gasteiger partial charge in [-0.25, -0.2) is 0 Å². The Morgan fingerprint density at radius 1 is 1.03 bits per heavy atom. The highest BCUT2D eigenvalue weighted by Gasteiger charge is 2.39. The van der Waals surface area contributed by atoms with Gasteiger partial charge in [0.1, 0.15) is 16.3 Å². The molecule has 0 aromatic heterocycles. The highest BCUT2D eigenvalue weighted by Crippen LogP contribution is 2.39. The third kappa shape index (κ3) is 8.52. The monoisotopic (exact) mass is 488 g/mol. The van der Waals surface area contributed by atoms with Crippen LogP contribution in [0.25, 0.3) is 0 Å². The van der Waals surface area contributed by atoms with Crippen LogP contribution in [0.1, 0.15) is 105 Å². The smallest absolute Gasteiger partial charge is 0.309 e. The molecule has 2 saturated heterocycles. The third-order valence-electron chi connectivity index (χ3n) is 7.32. The van der Waals surface area contributed by atoms with Crippen molar-refractivity contribution < 1.29 is 24.4 Å². The van der Waals surface area contributed by atoms with E-state index in [4.69, 9.17) is 0 Å². The van der Waals surface area contributed by atoms with Crippen molar-refractivity contribution in [3.8, 4) is 0 Å². The number of thioether (sulfide) groups is 1. The number of aliphatic hydroxyl groups excluding tert-OH is 1. The Morgan fingerprint density at radius 3 is 2.22 bits per heavy atom. The maximum absolute atomic E-state index is 12.9. The number of ketones is 1. The fraction of sp³-hybridized carbons (Fsp3) is 0.920. The lowest BCUT2D eigenvalue weighted by molar-refractivity contribution is -0.147. The van der Waals surface area contributed by atoms with Crippen LogP contribution in [0, 0.1) is 10.8 Å². The first-order valence-electron chi connectivity index (χ1n) is 12.4. The van der Waals surface area contributed by atoms with Crippen LogP contribution in [-0.2, 0) is 20.8 Å². The van der Waals surface area contributed by atoms with E-state index in [0.717, 1.165) is 64.2 Å². The van der Waals surface area contributed by atoms with Crippen molar-refractivity contribution in [2.24, 2.45) is 10.8 Å². The van der Waals surface area contributed by atoms with Crippen molar-refractivity contribution in [2.45, 2.75) is 126 Å². The summed E-state index contributed by atoms with van der Waals surface area (Å²) in [6.45, 7) is 7.88. The first-order valence-corrected chi connectivity index (χ1v) is 14.6. The van der Waals surface area contributed by atoms with Gasteiger partial charge in [-0.3, -0.25) is 9.59 Å². The molecule has 2 fully saturated rings. The van der Waals surface area contributed by atoms with Crippen molar-refractivity contribution in [2.75, 3.05) is 6.61 Å². The largest absolute Gasteiger partial charge is 0.616 e. The third-order valence-corrected chi connectivity index (χ3v) is 11.2. The summed E-state index contributed by atoms with van der Waals surface area (Å²) >= 11 is 1.01. The molecule has 0 amide bonds. The molecule has 5 nitrogen and oxygen atoms in total. The highest BCUT2D eigenvalue weighted by molar-refractivity contribution is 8.01. The lowest BCUT2D eigenvalue weighted by Crippen LogP contribution is -2.26. The molecule has 0 aliphatic carbocycles. The zero-order chi connectivity index (χ0) is 23.9. The number of aliphatic hydroxyl groups is 1. The summed E-state index contributed by atoms with van der Waals surface area (Å²) in [5.74, 6) is -0.383. The van der Waals surface area contributed by atoms with Gasteiger partial charge in [0.15, 0.2) is 0 Å². The number of hydrogen-bond acceptors (Lipinski definition) is 5. The fourth-order valence-electron chi connectivity index (χ4n) is 4.81. The minimum atomic E-state index is -0.830. The van der Waals surface area contributed by atoms with E-state index in [1.54, 1.807) is 13.8 Å². The van der Waals surface area contributed by atoms with E-state index in [1.165, 1.54) is 0 Å². The minimum Gasteiger partial charge on any atom is -0.616 e. The van der Waals surface area contributed by atoms with Gasteiger partial charge in [-0.1, -0.05) is 20.3 Å². The van der Waals surface area contributed by atoms with Gasteiger partial charge in [-0.2, -0.15) is 0 Å². The van der Waals surface area contributed by atoms with Crippen LogP contribution in [0.3, 0.4) is 0 Å². The fourth-order valence-corrected chi connectivity index (χ4v) is 8.46. The molecule has 0 aromatic rings. The average Bonchev–Trinajstić information content (AvgIpc) is 3.24. The molecular weight excluding hydrogens is 444 g/mol. The van der Waals surface area contributed by atoms with Crippen LogP contribution < -0.4 is 0 Å². The summed E-state index contributed by atoms with van der Waals surface area (Å²) < 4.78 is 12.9. The molecule has 0 saturated carbocycles. The Kier molecular flexibility index (Phi) is 10.9. The van der Waals surface area contributed by atoms with E-state index in [0.29, 0.717) is 23.9 Å². The molecule has 2 N–H and O–H groups in total. The summed E-state index contributed by atoms with van der Waals surface area (Å²) in [5.41, 5.74) is -0.744. The quantitative estimate of drug-likeness (QED) is 0.320. The summed E-state index contributed by atoms with van der Waals surface area (Å²) in [5, 5.41) is 19.6. The van der Waals surface area contributed by atoms with Gasteiger partial charge in [0.25, 0.3) is 0 Å². The standard InChI is InChI=1S/C25H44O5S2/c1-24(2,17-26)14-6-8-18-16-21(27)22(31-18)11-5-9-19-12-13-20(32(19)30)10-7-15-25(3,4)23(28)29/h18-20,22,26H,5-17H2,1-4H3,(H,28,29). The molecule has 2 aliphatic rings. The van der Waals surface area contributed by atoms with E-state index in [-0.39, 0.29) is 27.8 Å². The predicted molar refractivity (Wildman–Crippen MR) is 134 cm³/mol. The van der Waals surface area contributed by atoms with Crippen LogP contribution in [0.15, 0.2) is 0 Å². The Balaban J connectivity index is 1.64. The highest BCUT2D eigenvalue weighted by atomic mass is 32.2. The Morgan fingerprint density at radius 2 is 1.62 bits per heavy atom. The second-order valence-electron chi connectivity index (χ2n) is 11.3. The topological polar surface area (TPSA) is 97.7 Å². The number of rotatable bonds is 14. The minimum absolute atomic E-state index is 0.0338. The molecule has 7 heteroatoms. The molecule has 32 heavy (non-hydrogen) atoms. The molecule has 0 radical (unpaired) electrons. The van der Waals surface area contributed by atoms with Crippen molar-refractivity contribution in [1.29, 1.82) is 0 Å². The lowest BCUT2D eigenvalue weighted by Gasteiger charge is -2.22. The Bertz CT molecular complexity index is 621. The number of carbonyl (C=O) groups is 2. The maximum atomic E-state index is 12.9. The van der Waals surface area contributed by atoms with Crippen LogP contribution in [-0.4, -0.2) is 54.1 Å². The lowest BCUT2D eigenvalue weighted by atomic mass is 9.87. The van der Waals surface area contributed by atoms with Gasteiger partial charge in [0.2, 0.25) is 0 Å². The van der Waals surface area contributed by atoms with E-state index >= 15 is 0 Å². The molecule has 5 unspecified atom stereocenters. The van der Waals surface area contributed by atoms with E-state index < -0.39 is 22.6 Å². The zero-order valence-electron chi connectivity index (χ0n) is 20.4. The number of carbonyl (C=O) groups excluding carboxylic acids is 1. The van der Waals surface area contributed by atoms with Crippen molar-refractivity contribution >= 4 is 34.7 Å². The summed E-state index contributed by atoms with van der Waals surface area (Å²) in [7, 11) is 0. The average molecular weight is 489 g/mol. The van der Waals surface area contributed by atoms with Crippen molar-refractivity contribution in [3.63, 3.8) is 0 Å². The van der Waals surface area contributed by atoms with E-state index in [2.05, 4.69) is 13.8 Å². The van der Waals surface area contributed by atoms with Crippen LogP contribution in [0.4, 0.5) is 0 Å².